The van der Waals surface area contributed by atoms with Gasteiger partial charge in [-0.15, -0.1) is 0 Å². The van der Waals surface area contributed by atoms with Gasteiger partial charge in [0, 0.05) is 43.2 Å². The number of carbonyl (C=O) groups excluding carboxylic acids is 2. The number of nitrogens with zero attached hydrogens (tertiary/aromatic N) is 2. The smallest absolute Gasteiger partial charge is 0.320 e. The molecule has 2 bridgehead atoms. The van der Waals surface area contributed by atoms with Crippen LogP contribution < -0.4 is 20.3 Å². The summed E-state index contributed by atoms with van der Waals surface area (Å²) in [6, 6.07) is 30.7. The zero-order chi connectivity index (χ0) is 40.1. The summed E-state index contributed by atoms with van der Waals surface area (Å²) >= 11 is 0. The maximum absolute atomic E-state index is 13.8. The van der Waals surface area contributed by atoms with Crippen LogP contribution in [0.15, 0.2) is 108 Å². The Morgan fingerprint density at radius 2 is 1.67 bits per heavy atom. The first-order valence-electron chi connectivity index (χ1n) is 20.2. The summed E-state index contributed by atoms with van der Waals surface area (Å²) in [6.07, 6.45) is 2.89. The van der Waals surface area contributed by atoms with Crippen LogP contribution in [0.1, 0.15) is 58.8 Å². The molecular formula is C46H50N4O8. The fraction of sp³-hybridized carbons (Fsp3) is 0.370. The van der Waals surface area contributed by atoms with Crippen molar-refractivity contribution >= 4 is 22.8 Å². The molecule has 58 heavy (non-hydrogen) atoms. The molecule has 0 saturated carbocycles. The van der Waals surface area contributed by atoms with Crippen molar-refractivity contribution in [2.75, 3.05) is 52.4 Å². The van der Waals surface area contributed by atoms with Gasteiger partial charge in [0.25, 0.3) is 5.91 Å². The Labute approximate surface area is 337 Å². The van der Waals surface area contributed by atoms with Gasteiger partial charge in [0.1, 0.15) is 35.4 Å². The number of piperidine rings is 3. The molecule has 1 aromatic heterocycles. The minimum Gasteiger partial charge on any atom is -0.506 e. The number of rotatable bonds is 16. The Bertz CT molecular complexity index is 2270. The molecule has 0 unspecified atom stereocenters. The van der Waals surface area contributed by atoms with Crippen molar-refractivity contribution < 1.29 is 34.0 Å². The van der Waals surface area contributed by atoms with E-state index < -0.39 is 11.5 Å². The molecule has 12 heteroatoms. The second-order valence-corrected chi connectivity index (χ2v) is 15.7. The van der Waals surface area contributed by atoms with Gasteiger partial charge >= 0.3 is 5.97 Å². The number of aromatic hydroxyl groups is 1. The zero-order valence-electron chi connectivity index (χ0n) is 32.5. The standard InChI is InChI=1S/C46H50N4O8/c51-39-17-15-37(38-16-18-42(53)48-43(38)39)40(52)26-47-21-4-5-24-56-36-10-6-7-31(25-36)28-57-35-13-11-33(12-14-35)44(54)50-29-46(30-50,34-8-2-1-3-9-34)45(55)58-41-27-49-22-19-32(41)20-23-49/h1-3,6-18,25,32,40-41,47,51-52H,4-5,19-24,26-30H2,(H,48,53)/t40-,41-/m0/s1. The lowest BCUT2D eigenvalue weighted by Crippen LogP contribution is -2.66. The van der Waals surface area contributed by atoms with Crippen molar-refractivity contribution in [1.29, 1.82) is 0 Å². The van der Waals surface area contributed by atoms with Gasteiger partial charge in [0.05, 0.1) is 18.2 Å². The van der Waals surface area contributed by atoms with Gasteiger partial charge < -0.3 is 39.6 Å². The predicted octanol–water partition coefficient (Wildman–Crippen LogP) is 5.33. The van der Waals surface area contributed by atoms with E-state index in [1.165, 1.54) is 12.1 Å². The fourth-order valence-electron chi connectivity index (χ4n) is 8.44. The van der Waals surface area contributed by atoms with Crippen molar-refractivity contribution in [2.45, 2.75) is 49.9 Å². The molecule has 0 radical (unpaired) electrons. The van der Waals surface area contributed by atoms with E-state index in [-0.39, 0.29) is 42.4 Å². The van der Waals surface area contributed by atoms with Gasteiger partial charge in [-0.2, -0.15) is 0 Å². The first kappa shape index (κ1) is 39.2. The van der Waals surface area contributed by atoms with Crippen LogP contribution in [-0.4, -0.2) is 95.4 Å². The number of aliphatic hydroxyl groups is 1. The monoisotopic (exact) mass is 786 g/mol. The molecule has 5 heterocycles. The molecule has 1 amide bonds. The molecule has 12 nitrogen and oxygen atoms in total. The summed E-state index contributed by atoms with van der Waals surface area (Å²) < 4.78 is 18.3. The number of pyridine rings is 1. The third kappa shape index (κ3) is 8.59. The average molecular weight is 787 g/mol. The first-order valence-corrected chi connectivity index (χ1v) is 20.2. The largest absolute Gasteiger partial charge is 0.506 e. The molecule has 4 aliphatic heterocycles. The van der Waals surface area contributed by atoms with E-state index in [9.17, 15) is 24.6 Å². The SMILES string of the molecule is O=C(c1ccc(OCc2cccc(OCCCCNC[C@H](O)c3ccc(O)c4[nH]c(=O)ccc34)c2)cc1)N1CC(C(=O)O[C@H]2CN3CCC2CC3)(c2ccccc2)C1. The summed E-state index contributed by atoms with van der Waals surface area (Å²) in [5, 5.41) is 24.7. The maximum Gasteiger partial charge on any atom is 0.320 e. The van der Waals surface area contributed by atoms with Gasteiger partial charge in [0.15, 0.2) is 0 Å². The highest BCUT2D eigenvalue weighted by molar-refractivity contribution is 5.98. The quantitative estimate of drug-likeness (QED) is 0.0764. The maximum atomic E-state index is 13.8. The van der Waals surface area contributed by atoms with Crippen LogP contribution in [0.25, 0.3) is 10.9 Å². The second-order valence-electron chi connectivity index (χ2n) is 15.7. The normalized spacial score (nSPS) is 19.9. The zero-order valence-corrected chi connectivity index (χ0v) is 32.5. The van der Waals surface area contributed by atoms with Crippen LogP contribution in [0.3, 0.4) is 0 Å². The summed E-state index contributed by atoms with van der Waals surface area (Å²) in [5.41, 5.74) is 2.12. The van der Waals surface area contributed by atoms with Crippen LogP contribution in [0.5, 0.6) is 17.2 Å². The first-order chi connectivity index (χ1) is 28.3. The number of fused-ring (bicyclic) bond motifs is 4. The molecule has 0 spiro atoms. The number of aromatic amines is 1. The third-order valence-electron chi connectivity index (χ3n) is 11.8. The Hall–Kier alpha value is -5.69. The van der Waals surface area contributed by atoms with Crippen molar-refractivity contribution in [3.8, 4) is 17.2 Å². The minimum absolute atomic E-state index is 0.0371. The van der Waals surface area contributed by atoms with Gasteiger partial charge in [-0.25, -0.2) is 0 Å². The third-order valence-corrected chi connectivity index (χ3v) is 11.8. The molecule has 4 saturated heterocycles. The number of hydrogen-bond donors (Lipinski definition) is 4. The number of nitrogens with one attached hydrogen (secondary N) is 2. The van der Waals surface area contributed by atoms with E-state index in [0.29, 0.717) is 60.0 Å². The Morgan fingerprint density at radius 1 is 0.879 bits per heavy atom. The van der Waals surface area contributed by atoms with Gasteiger partial charge in [-0.1, -0.05) is 48.5 Å². The van der Waals surface area contributed by atoms with Crippen molar-refractivity contribution in [1.82, 2.24) is 20.1 Å². The number of ether oxygens (including phenoxy) is 3. The number of esters is 1. The summed E-state index contributed by atoms with van der Waals surface area (Å²) in [5.74, 6) is 1.40. The van der Waals surface area contributed by atoms with Crippen LogP contribution >= 0.6 is 0 Å². The number of H-pyrrole nitrogens is 1. The highest BCUT2D eigenvalue weighted by atomic mass is 16.5. The number of likely N-dealkylation sites (tertiary alicyclic amines) is 1. The summed E-state index contributed by atoms with van der Waals surface area (Å²) in [7, 11) is 0. The van der Waals surface area contributed by atoms with Crippen LogP contribution in [-0.2, 0) is 21.6 Å². The van der Waals surface area contributed by atoms with Gasteiger partial charge in [0.2, 0.25) is 5.56 Å². The number of amides is 1. The number of aromatic nitrogens is 1. The van der Waals surface area contributed by atoms with Gasteiger partial charge in [-0.05, 0) is 116 Å². The highest BCUT2D eigenvalue weighted by Gasteiger charge is 2.55. The van der Waals surface area contributed by atoms with Gasteiger partial charge in [-0.3, -0.25) is 19.3 Å². The summed E-state index contributed by atoms with van der Waals surface area (Å²) in [4.78, 5) is 45.8. The topological polar surface area (TPSA) is 154 Å². The number of unbranched alkanes of at least 4 members (excludes halogenated alkanes) is 1. The number of carbonyl (C=O) groups is 2. The number of benzene rings is 4. The lowest BCUT2D eigenvalue weighted by atomic mass is 9.73. The number of aliphatic hydroxyl groups excluding tert-OH is 1. The summed E-state index contributed by atoms with van der Waals surface area (Å²) in [6.45, 7) is 5.37. The average Bonchev–Trinajstić information content (AvgIpc) is 3.23. The molecular weight excluding hydrogens is 737 g/mol. The molecule has 4 aliphatic rings. The van der Waals surface area contributed by atoms with E-state index in [1.807, 2.05) is 54.6 Å². The Kier molecular flexibility index (Phi) is 11.8. The number of phenols is 1. The van der Waals surface area contributed by atoms with Crippen molar-refractivity contribution in [3.63, 3.8) is 0 Å². The molecule has 2 atom stereocenters. The van der Waals surface area contributed by atoms with E-state index in [0.717, 1.165) is 62.2 Å². The second kappa shape index (κ2) is 17.4. The van der Waals surface area contributed by atoms with Crippen molar-refractivity contribution in [2.24, 2.45) is 5.92 Å². The molecule has 4 aromatic carbocycles. The Morgan fingerprint density at radius 3 is 2.43 bits per heavy atom. The molecule has 4 fully saturated rings. The van der Waals surface area contributed by atoms with Crippen LogP contribution in [0.4, 0.5) is 0 Å². The molecule has 302 valence electrons. The van der Waals surface area contributed by atoms with E-state index in [2.05, 4.69) is 15.2 Å². The minimum atomic E-state index is -0.871. The lowest BCUT2D eigenvalue weighted by Gasteiger charge is -2.50. The lowest BCUT2D eigenvalue weighted by molar-refractivity contribution is -0.171. The molecule has 5 aromatic rings. The van der Waals surface area contributed by atoms with Crippen LogP contribution in [0, 0.1) is 5.92 Å². The number of phenolic OH excluding ortho intramolecular Hbond substituents is 1. The predicted molar refractivity (Wildman–Crippen MR) is 219 cm³/mol. The molecule has 0 aliphatic carbocycles. The van der Waals surface area contributed by atoms with E-state index in [1.54, 1.807) is 41.3 Å². The Balaban J connectivity index is 0.766. The number of hydrogen-bond acceptors (Lipinski definition) is 10. The molecule has 9 rings (SSSR count). The highest BCUT2D eigenvalue weighted by Crippen LogP contribution is 2.39. The van der Waals surface area contributed by atoms with E-state index >= 15 is 0 Å². The fourth-order valence-corrected chi connectivity index (χ4v) is 8.44. The molecule has 4 N–H and O–H groups in total. The van der Waals surface area contributed by atoms with E-state index in [4.69, 9.17) is 14.2 Å². The van der Waals surface area contributed by atoms with Crippen LogP contribution in [0.2, 0.25) is 0 Å². The van der Waals surface area contributed by atoms with Crippen molar-refractivity contribution in [3.05, 3.63) is 136 Å².